The van der Waals surface area contributed by atoms with Gasteiger partial charge in [-0.05, 0) is 84.3 Å². The predicted molar refractivity (Wildman–Crippen MR) is 195 cm³/mol. The fourth-order valence-corrected chi connectivity index (χ4v) is 7.76. The van der Waals surface area contributed by atoms with Crippen LogP contribution in [0.15, 0.2) is 116 Å². The molecule has 220 valence electrons. The zero-order chi connectivity index (χ0) is 30.9. The van der Waals surface area contributed by atoms with Crippen molar-refractivity contribution in [3.05, 3.63) is 138 Å². The standard InChI is InChI=1S/C42H32N4/c1-4-13-29-27(5-2)24-36(32-18-11-22-43-40(29)32)46-35-21-10-14-26(3)38(35)39-31-17-8-9-20-34(31)45(42(39)46)37-25-28-15-6-7-16-30(28)41-33(37)19-12-23-44-41/h4-13,15-26H,2,14H2,1,3H3/b13-4-. The Labute approximate surface area is 267 Å². The molecule has 0 fully saturated rings. The number of nitrogens with zero attached hydrogens (tertiary/aromatic N) is 4. The van der Waals surface area contributed by atoms with E-state index in [2.05, 4.69) is 127 Å². The van der Waals surface area contributed by atoms with E-state index in [4.69, 9.17) is 9.97 Å². The summed E-state index contributed by atoms with van der Waals surface area (Å²) in [5.74, 6) is 0.364. The number of para-hydroxylation sites is 1. The van der Waals surface area contributed by atoms with E-state index in [0.717, 1.165) is 61.8 Å². The number of allylic oxidation sites excluding steroid dienone is 2. The van der Waals surface area contributed by atoms with Gasteiger partial charge in [-0.15, -0.1) is 0 Å². The van der Waals surface area contributed by atoms with Crippen molar-refractivity contribution < 1.29 is 0 Å². The Kier molecular flexibility index (Phi) is 5.88. The highest BCUT2D eigenvalue weighted by Crippen LogP contribution is 2.47. The van der Waals surface area contributed by atoms with Gasteiger partial charge in [0.1, 0.15) is 5.65 Å². The molecule has 4 heteroatoms. The lowest BCUT2D eigenvalue weighted by atomic mass is 9.90. The molecule has 46 heavy (non-hydrogen) atoms. The van der Waals surface area contributed by atoms with Gasteiger partial charge in [0.05, 0.1) is 33.6 Å². The molecule has 4 aromatic carbocycles. The van der Waals surface area contributed by atoms with Crippen molar-refractivity contribution in [2.75, 3.05) is 0 Å². The smallest absolute Gasteiger partial charge is 0.131 e. The second-order valence-electron chi connectivity index (χ2n) is 12.2. The molecule has 1 unspecified atom stereocenters. The summed E-state index contributed by atoms with van der Waals surface area (Å²) in [5.41, 5.74) is 11.3. The number of pyridine rings is 2. The summed E-state index contributed by atoms with van der Waals surface area (Å²) >= 11 is 0. The average molecular weight is 593 g/mol. The van der Waals surface area contributed by atoms with Gasteiger partial charge in [0.2, 0.25) is 0 Å². The lowest BCUT2D eigenvalue weighted by molar-refractivity contribution is 0.773. The van der Waals surface area contributed by atoms with Crippen molar-refractivity contribution in [3.8, 4) is 11.4 Å². The van der Waals surface area contributed by atoms with Crippen LogP contribution in [0.4, 0.5) is 0 Å². The van der Waals surface area contributed by atoms with Crippen LogP contribution in [0.5, 0.6) is 0 Å². The van der Waals surface area contributed by atoms with E-state index < -0.39 is 0 Å². The molecule has 0 saturated carbocycles. The molecule has 0 spiro atoms. The molecule has 0 radical (unpaired) electrons. The van der Waals surface area contributed by atoms with Crippen LogP contribution in [0.3, 0.4) is 0 Å². The second-order valence-corrected chi connectivity index (χ2v) is 12.2. The summed E-state index contributed by atoms with van der Waals surface area (Å²) in [6.45, 7) is 8.64. The predicted octanol–water partition coefficient (Wildman–Crippen LogP) is 11.0. The van der Waals surface area contributed by atoms with Crippen LogP contribution in [-0.4, -0.2) is 19.1 Å². The summed E-state index contributed by atoms with van der Waals surface area (Å²) < 4.78 is 4.97. The Morgan fingerprint density at radius 3 is 2.28 bits per heavy atom. The van der Waals surface area contributed by atoms with E-state index in [1.807, 2.05) is 30.6 Å². The fourth-order valence-electron chi connectivity index (χ4n) is 7.76. The maximum Gasteiger partial charge on any atom is 0.131 e. The van der Waals surface area contributed by atoms with E-state index in [9.17, 15) is 0 Å². The molecule has 0 amide bonds. The Balaban J connectivity index is 1.54. The first-order chi connectivity index (χ1) is 22.7. The number of hydrogen-bond donors (Lipinski definition) is 0. The highest BCUT2D eigenvalue weighted by molar-refractivity contribution is 6.16. The third-order valence-electron chi connectivity index (χ3n) is 9.67. The molecular formula is C42H32N4. The Morgan fingerprint density at radius 1 is 0.783 bits per heavy atom. The topological polar surface area (TPSA) is 35.6 Å². The molecule has 0 saturated heterocycles. The van der Waals surface area contributed by atoms with Gasteiger partial charge in [0, 0.05) is 44.9 Å². The molecule has 4 nitrogen and oxygen atoms in total. The molecule has 0 N–H and O–H groups in total. The van der Waals surface area contributed by atoms with Gasteiger partial charge in [-0.25, -0.2) is 0 Å². The minimum atomic E-state index is 0.364. The van der Waals surface area contributed by atoms with Crippen LogP contribution >= 0.6 is 0 Å². The van der Waals surface area contributed by atoms with Gasteiger partial charge in [0.25, 0.3) is 0 Å². The lowest BCUT2D eigenvalue weighted by Gasteiger charge is -2.21. The van der Waals surface area contributed by atoms with Crippen LogP contribution in [0.2, 0.25) is 0 Å². The molecule has 1 aliphatic rings. The third kappa shape index (κ3) is 3.61. The van der Waals surface area contributed by atoms with Crippen molar-refractivity contribution >= 4 is 72.7 Å². The van der Waals surface area contributed by atoms with E-state index in [1.54, 1.807) is 0 Å². The maximum absolute atomic E-state index is 4.94. The van der Waals surface area contributed by atoms with Gasteiger partial charge in [-0.2, -0.15) is 0 Å². The van der Waals surface area contributed by atoms with Crippen LogP contribution in [0.1, 0.15) is 48.6 Å². The second kappa shape index (κ2) is 10.1. The van der Waals surface area contributed by atoms with Gasteiger partial charge in [-0.1, -0.05) is 80.3 Å². The molecule has 1 atom stereocenters. The van der Waals surface area contributed by atoms with Crippen molar-refractivity contribution in [2.45, 2.75) is 26.2 Å². The number of rotatable bonds is 4. The molecule has 4 aromatic heterocycles. The first kappa shape index (κ1) is 26.6. The summed E-state index contributed by atoms with van der Waals surface area (Å²) in [7, 11) is 0. The highest BCUT2D eigenvalue weighted by Gasteiger charge is 2.30. The molecular weight excluding hydrogens is 560 g/mol. The first-order valence-corrected chi connectivity index (χ1v) is 16.0. The van der Waals surface area contributed by atoms with Gasteiger partial charge >= 0.3 is 0 Å². The average Bonchev–Trinajstić information content (AvgIpc) is 3.61. The van der Waals surface area contributed by atoms with Crippen molar-refractivity contribution in [2.24, 2.45) is 0 Å². The summed E-state index contributed by atoms with van der Waals surface area (Å²) in [6, 6.07) is 30.6. The fraction of sp³-hybridized carbons (Fsp3) is 0.0952. The van der Waals surface area contributed by atoms with Crippen LogP contribution in [-0.2, 0) is 0 Å². The van der Waals surface area contributed by atoms with Gasteiger partial charge < -0.3 is 0 Å². The zero-order valence-electron chi connectivity index (χ0n) is 25.9. The van der Waals surface area contributed by atoms with Crippen molar-refractivity contribution in [1.29, 1.82) is 0 Å². The van der Waals surface area contributed by atoms with Crippen LogP contribution in [0.25, 0.3) is 84.1 Å². The van der Waals surface area contributed by atoms with E-state index >= 15 is 0 Å². The van der Waals surface area contributed by atoms with E-state index in [1.165, 1.54) is 32.9 Å². The zero-order valence-corrected chi connectivity index (χ0v) is 25.9. The first-order valence-electron chi connectivity index (χ1n) is 16.0. The minimum absolute atomic E-state index is 0.364. The number of benzene rings is 4. The molecule has 4 heterocycles. The third-order valence-corrected chi connectivity index (χ3v) is 9.67. The number of aromatic nitrogens is 4. The Bertz CT molecular complexity index is 2610. The summed E-state index contributed by atoms with van der Waals surface area (Å²) in [5, 5.41) is 7.13. The van der Waals surface area contributed by atoms with Crippen LogP contribution in [0, 0.1) is 0 Å². The molecule has 1 aliphatic carbocycles. The summed E-state index contributed by atoms with van der Waals surface area (Å²) in [4.78, 5) is 9.87. The monoisotopic (exact) mass is 592 g/mol. The Hall–Kier alpha value is -5.74. The Morgan fingerprint density at radius 2 is 1.48 bits per heavy atom. The maximum atomic E-state index is 4.94. The van der Waals surface area contributed by atoms with Crippen molar-refractivity contribution in [3.63, 3.8) is 0 Å². The van der Waals surface area contributed by atoms with E-state index in [-0.39, 0.29) is 0 Å². The highest BCUT2D eigenvalue weighted by atomic mass is 15.1. The van der Waals surface area contributed by atoms with Crippen molar-refractivity contribution in [1.82, 2.24) is 19.1 Å². The summed E-state index contributed by atoms with van der Waals surface area (Å²) in [6.07, 6.45) is 15.6. The molecule has 0 bridgehead atoms. The SMILES string of the molecule is C=Cc1cc(-n2c3c(c4c5ccccc5n(-c5cc6ccccc6c6ncccc56)c42)C(C)CC=C3)c2cccnc2c1/C=C\C. The van der Waals surface area contributed by atoms with Gasteiger partial charge in [-0.3, -0.25) is 19.1 Å². The molecule has 8 aromatic rings. The molecule has 9 rings (SSSR count). The number of hydrogen-bond acceptors (Lipinski definition) is 2. The number of fused-ring (bicyclic) bond motifs is 9. The normalized spacial score (nSPS) is 14.8. The lowest BCUT2D eigenvalue weighted by Crippen LogP contribution is -2.08. The van der Waals surface area contributed by atoms with E-state index in [0.29, 0.717) is 5.92 Å². The minimum Gasteiger partial charge on any atom is -0.295 e. The molecule has 0 aliphatic heterocycles. The largest absolute Gasteiger partial charge is 0.295 e. The quantitative estimate of drug-likeness (QED) is 0.191. The van der Waals surface area contributed by atoms with Crippen LogP contribution < -0.4 is 0 Å². The van der Waals surface area contributed by atoms with Gasteiger partial charge in [0.15, 0.2) is 0 Å².